The van der Waals surface area contributed by atoms with Gasteiger partial charge in [0.15, 0.2) is 0 Å². The third-order valence-corrected chi connectivity index (χ3v) is 2.23. The van der Waals surface area contributed by atoms with Crippen LogP contribution in [0.1, 0.15) is 25.6 Å². The zero-order valence-electron chi connectivity index (χ0n) is 9.14. The standard InChI is InChI=1S/C12H16N2O/c1-4-8-14(5-2)11-6-7-12(10(3)15)13-9-11/h1,6-7,9-10,15H,5,8H2,2-3H3/t10-/m1/s1. The van der Waals surface area contributed by atoms with Crippen molar-refractivity contribution >= 4 is 5.69 Å². The number of nitrogens with zero attached hydrogens (tertiary/aromatic N) is 2. The number of aliphatic hydroxyl groups is 1. The van der Waals surface area contributed by atoms with E-state index in [1.807, 2.05) is 24.0 Å². The smallest absolute Gasteiger partial charge is 0.0931 e. The molecule has 80 valence electrons. The van der Waals surface area contributed by atoms with Crippen LogP contribution >= 0.6 is 0 Å². The molecule has 1 N–H and O–H groups in total. The molecule has 3 heteroatoms. The molecule has 1 atom stereocenters. The quantitative estimate of drug-likeness (QED) is 0.757. The average molecular weight is 204 g/mol. The van der Waals surface area contributed by atoms with Crippen LogP contribution in [0.3, 0.4) is 0 Å². The van der Waals surface area contributed by atoms with Crippen molar-refractivity contribution in [3.05, 3.63) is 24.0 Å². The van der Waals surface area contributed by atoms with E-state index in [0.717, 1.165) is 12.2 Å². The lowest BCUT2D eigenvalue weighted by Crippen LogP contribution is -2.22. The molecule has 0 bridgehead atoms. The summed E-state index contributed by atoms with van der Waals surface area (Å²) in [7, 11) is 0. The van der Waals surface area contributed by atoms with Crippen LogP contribution in [0.25, 0.3) is 0 Å². The van der Waals surface area contributed by atoms with Crippen LogP contribution in [-0.4, -0.2) is 23.2 Å². The van der Waals surface area contributed by atoms with Crippen LogP contribution in [0.15, 0.2) is 18.3 Å². The summed E-state index contributed by atoms with van der Waals surface area (Å²) in [4.78, 5) is 6.21. The molecule has 0 aromatic carbocycles. The summed E-state index contributed by atoms with van der Waals surface area (Å²) in [6.45, 7) is 5.16. The van der Waals surface area contributed by atoms with Crippen molar-refractivity contribution in [1.29, 1.82) is 0 Å². The Hall–Kier alpha value is -1.53. The maximum atomic E-state index is 9.31. The zero-order valence-corrected chi connectivity index (χ0v) is 9.14. The molecule has 0 unspecified atom stereocenters. The van der Waals surface area contributed by atoms with Gasteiger partial charge >= 0.3 is 0 Å². The minimum absolute atomic E-state index is 0.526. The van der Waals surface area contributed by atoms with Crippen LogP contribution in [-0.2, 0) is 0 Å². The molecule has 1 rings (SSSR count). The van der Waals surface area contributed by atoms with E-state index in [1.165, 1.54) is 0 Å². The topological polar surface area (TPSA) is 36.4 Å². The van der Waals surface area contributed by atoms with Gasteiger partial charge in [-0.05, 0) is 26.0 Å². The van der Waals surface area contributed by atoms with E-state index in [2.05, 4.69) is 10.9 Å². The largest absolute Gasteiger partial charge is 0.387 e. The van der Waals surface area contributed by atoms with E-state index in [0.29, 0.717) is 12.2 Å². The van der Waals surface area contributed by atoms with Gasteiger partial charge in [-0.15, -0.1) is 6.42 Å². The Labute approximate surface area is 90.8 Å². The first-order valence-corrected chi connectivity index (χ1v) is 5.01. The van der Waals surface area contributed by atoms with Crippen molar-refractivity contribution < 1.29 is 5.11 Å². The van der Waals surface area contributed by atoms with E-state index in [1.54, 1.807) is 13.1 Å². The maximum absolute atomic E-state index is 9.31. The minimum Gasteiger partial charge on any atom is -0.387 e. The average Bonchev–Trinajstić information content (AvgIpc) is 2.26. The highest BCUT2D eigenvalue weighted by Gasteiger charge is 2.05. The lowest BCUT2D eigenvalue weighted by molar-refractivity contribution is 0.194. The van der Waals surface area contributed by atoms with Crippen LogP contribution < -0.4 is 4.90 Å². The van der Waals surface area contributed by atoms with Crippen molar-refractivity contribution in [1.82, 2.24) is 4.98 Å². The molecule has 3 nitrogen and oxygen atoms in total. The monoisotopic (exact) mass is 204 g/mol. The predicted octanol–water partition coefficient (Wildman–Crippen LogP) is 1.59. The molecule has 0 aliphatic rings. The number of hydrogen-bond acceptors (Lipinski definition) is 3. The normalized spacial score (nSPS) is 11.9. The number of rotatable bonds is 4. The van der Waals surface area contributed by atoms with E-state index in [-0.39, 0.29) is 0 Å². The molecule has 0 aliphatic carbocycles. The molecular formula is C12H16N2O. The van der Waals surface area contributed by atoms with Crippen molar-refractivity contribution in [2.45, 2.75) is 20.0 Å². The van der Waals surface area contributed by atoms with Gasteiger partial charge in [0.1, 0.15) is 0 Å². The van der Waals surface area contributed by atoms with Crippen molar-refractivity contribution in [2.24, 2.45) is 0 Å². The molecule has 0 saturated carbocycles. The van der Waals surface area contributed by atoms with Crippen LogP contribution in [0.5, 0.6) is 0 Å². The molecular weight excluding hydrogens is 188 g/mol. The SMILES string of the molecule is C#CCN(CC)c1ccc([C@@H](C)O)nc1. The Bertz CT molecular complexity index is 338. The van der Waals surface area contributed by atoms with Gasteiger partial charge in [0.2, 0.25) is 0 Å². The number of terminal acetylenes is 1. The Morgan fingerprint density at radius 1 is 1.60 bits per heavy atom. The molecule has 0 radical (unpaired) electrons. The lowest BCUT2D eigenvalue weighted by atomic mass is 10.2. The summed E-state index contributed by atoms with van der Waals surface area (Å²) in [5.41, 5.74) is 1.66. The molecule has 1 aromatic rings. The van der Waals surface area contributed by atoms with Gasteiger partial charge in [-0.3, -0.25) is 4.98 Å². The van der Waals surface area contributed by atoms with E-state index in [4.69, 9.17) is 6.42 Å². The first-order valence-electron chi connectivity index (χ1n) is 5.01. The first-order chi connectivity index (χ1) is 7.19. The van der Waals surface area contributed by atoms with Gasteiger partial charge in [-0.25, -0.2) is 0 Å². The zero-order chi connectivity index (χ0) is 11.3. The van der Waals surface area contributed by atoms with Crippen molar-refractivity contribution in [2.75, 3.05) is 18.0 Å². The molecule has 1 aromatic heterocycles. The number of hydrogen-bond donors (Lipinski definition) is 1. The summed E-state index contributed by atoms with van der Waals surface area (Å²) in [6.07, 6.45) is 6.48. The molecule has 15 heavy (non-hydrogen) atoms. The highest BCUT2D eigenvalue weighted by molar-refractivity contribution is 5.45. The summed E-state index contributed by atoms with van der Waals surface area (Å²) >= 11 is 0. The van der Waals surface area contributed by atoms with Gasteiger partial charge in [-0.1, -0.05) is 5.92 Å². The van der Waals surface area contributed by atoms with Gasteiger partial charge in [0, 0.05) is 6.54 Å². The fourth-order valence-corrected chi connectivity index (χ4v) is 1.33. The van der Waals surface area contributed by atoms with Gasteiger partial charge in [-0.2, -0.15) is 0 Å². The number of aromatic nitrogens is 1. The number of aliphatic hydroxyl groups excluding tert-OH is 1. The van der Waals surface area contributed by atoms with Crippen molar-refractivity contribution in [3.63, 3.8) is 0 Å². The molecule has 1 heterocycles. The van der Waals surface area contributed by atoms with Crippen LogP contribution in [0.2, 0.25) is 0 Å². The second-order valence-electron chi connectivity index (χ2n) is 3.34. The number of anilines is 1. The maximum Gasteiger partial charge on any atom is 0.0931 e. The molecule has 0 fully saturated rings. The summed E-state index contributed by atoms with van der Waals surface area (Å²) in [5.74, 6) is 2.60. The highest BCUT2D eigenvalue weighted by atomic mass is 16.3. The van der Waals surface area contributed by atoms with Gasteiger partial charge < -0.3 is 10.0 Å². The van der Waals surface area contributed by atoms with E-state index in [9.17, 15) is 5.11 Å². The molecule has 0 saturated heterocycles. The summed E-state index contributed by atoms with van der Waals surface area (Å²) in [5, 5.41) is 9.31. The lowest BCUT2D eigenvalue weighted by Gasteiger charge is -2.20. The van der Waals surface area contributed by atoms with Crippen LogP contribution in [0.4, 0.5) is 5.69 Å². The van der Waals surface area contributed by atoms with Crippen LogP contribution in [0, 0.1) is 12.3 Å². The highest BCUT2D eigenvalue weighted by Crippen LogP contribution is 2.15. The second kappa shape index (κ2) is 5.38. The minimum atomic E-state index is -0.526. The summed E-state index contributed by atoms with van der Waals surface area (Å²) < 4.78 is 0. The molecule has 0 spiro atoms. The third-order valence-electron chi connectivity index (χ3n) is 2.23. The van der Waals surface area contributed by atoms with Gasteiger partial charge in [0.05, 0.1) is 30.2 Å². The molecule has 0 aliphatic heterocycles. The molecule has 0 amide bonds. The third kappa shape index (κ3) is 2.97. The van der Waals surface area contributed by atoms with E-state index < -0.39 is 6.10 Å². The van der Waals surface area contributed by atoms with Crippen molar-refractivity contribution in [3.8, 4) is 12.3 Å². The first kappa shape index (κ1) is 11.5. The Morgan fingerprint density at radius 3 is 2.73 bits per heavy atom. The van der Waals surface area contributed by atoms with E-state index >= 15 is 0 Å². The Morgan fingerprint density at radius 2 is 2.33 bits per heavy atom. The second-order valence-corrected chi connectivity index (χ2v) is 3.34. The Balaban J connectivity index is 2.83. The Kier molecular flexibility index (Phi) is 4.14. The predicted molar refractivity (Wildman–Crippen MR) is 61.6 cm³/mol. The summed E-state index contributed by atoms with van der Waals surface area (Å²) in [6, 6.07) is 3.75. The fourth-order valence-electron chi connectivity index (χ4n) is 1.33. The van der Waals surface area contributed by atoms with Gasteiger partial charge in [0.25, 0.3) is 0 Å². The fraction of sp³-hybridized carbons (Fsp3) is 0.417. The number of pyridine rings is 1.